The fourth-order valence-corrected chi connectivity index (χ4v) is 1.52. The number of hydrogen-bond donors (Lipinski definition) is 0. The van der Waals surface area contributed by atoms with Crippen molar-refractivity contribution in [3.63, 3.8) is 0 Å². The SMILES string of the molecule is Cc1ccsc1.c1cscn1. The lowest BCUT2D eigenvalue weighted by Gasteiger charge is -1.65. The minimum Gasteiger partial charge on any atom is -0.253 e. The molecule has 0 saturated carbocycles. The molecule has 0 saturated heterocycles. The van der Waals surface area contributed by atoms with Crippen LogP contribution >= 0.6 is 22.7 Å². The number of nitrogens with zero attached hydrogens (tertiary/aromatic N) is 1. The first-order valence-electron chi connectivity index (χ1n) is 3.20. The predicted octanol–water partition coefficient (Wildman–Crippen LogP) is 3.20. The summed E-state index contributed by atoms with van der Waals surface area (Å²) in [7, 11) is 0. The Labute approximate surface area is 74.4 Å². The van der Waals surface area contributed by atoms with Crippen molar-refractivity contribution in [1.82, 2.24) is 4.98 Å². The summed E-state index contributed by atoms with van der Waals surface area (Å²) in [5, 5.41) is 6.13. The van der Waals surface area contributed by atoms with Crippen LogP contribution in [0, 0.1) is 6.92 Å². The molecule has 1 nitrogen and oxygen atoms in total. The summed E-state index contributed by atoms with van der Waals surface area (Å²) in [5.74, 6) is 0. The molecule has 0 aliphatic rings. The van der Waals surface area contributed by atoms with Gasteiger partial charge in [-0.3, -0.25) is 4.98 Å². The molecular weight excluding hydrogens is 174 g/mol. The summed E-state index contributed by atoms with van der Waals surface area (Å²) in [6.45, 7) is 2.09. The highest BCUT2D eigenvalue weighted by molar-refractivity contribution is 7.08. The first-order valence-corrected chi connectivity index (χ1v) is 5.09. The molecular formula is C8H9NS2. The van der Waals surface area contributed by atoms with Gasteiger partial charge in [-0.05, 0) is 29.3 Å². The maximum Gasteiger partial charge on any atom is 0.0791 e. The van der Waals surface area contributed by atoms with Crippen LogP contribution in [-0.2, 0) is 0 Å². The average molecular weight is 183 g/mol. The lowest BCUT2D eigenvalue weighted by atomic mass is 10.4. The van der Waals surface area contributed by atoms with E-state index in [1.807, 2.05) is 5.38 Å². The Balaban J connectivity index is 0.000000112. The molecule has 0 aliphatic carbocycles. The number of aromatic nitrogens is 1. The van der Waals surface area contributed by atoms with E-state index in [1.54, 1.807) is 34.4 Å². The Hall–Kier alpha value is -0.670. The van der Waals surface area contributed by atoms with E-state index in [9.17, 15) is 0 Å². The number of thiazole rings is 1. The van der Waals surface area contributed by atoms with Crippen LogP contribution in [0.2, 0.25) is 0 Å². The fraction of sp³-hybridized carbons (Fsp3) is 0.125. The van der Waals surface area contributed by atoms with Crippen molar-refractivity contribution in [2.75, 3.05) is 0 Å². The van der Waals surface area contributed by atoms with Crippen molar-refractivity contribution in [1.29, 1.82) is 0 Å². The van der Waals surface area contributed by atoms with E-state index >= 15 is 0 Å². The van der Waals surface area contributed by atoms with E-state index in [1.165, 1.54) is 5.56 Å². The third-order valence-corrected chi connectivity index (χ3v) is 2.33. The molecule has 0 spiro atoms. The Bertz CT molecular complexity index is 230. The Morgan fingerprint density at radius 3 is 2.36 bits per heavy atom. The highest BCUT2D eigenvalue weighted by atomic mass is 32.1. The Morgan fingerprint density at radius 1 is 1.27 bits per heavy atom. The molecule has 0 aliphatic heterocycles. The summed E-state index contributed by atoms with van der Waals surface area (Å²) >= 11 is 3.34. The van der Waals surface area contributed by atoms with Crippen LogP contribution in [0.4, 0.5) is 0 Å². The maximum absolute atomic E-state index is 3.74. The quantitative estimate of drug-likeness (QED) is 0.611. The first kappa shape index (κ1) is 8.43. The zero-order valence-electron chi connectivity index (χ0n) is 6.23. The van der Waals surface area contributed by atoms with Crippen LogP contribution in [0.5, 0.6) is 0 Å². The van der Waals surface area contributed by atoms with Gasteiger partial charge in [0, 0.05) is 11.6 Å². The molecule has 0 atom stereocenters. The second kappa shape index (κ2) is 5.04. The molecule has 0 radical (unpaired) electrons. The van der Waals surface area contributed by atoms with Crippen LogP contribution in [0.15, 0.2) is 33.9 Å². The van der Waals surface area contributed by atoms with Crippen LogP contribution in [0.25, 0.3) is 0 Å². The van der Waals surface area contributed by atoms with E-state index in [0.29, 0.717) is 0 Å². The topological polar surface area (TPSA) is 12.9 Å². The summed E-state index contributed by atoms with van der Waals surface area (Å²) in [6.07, 6.45) is 1.77. The van der Waals surface area contributed by atoms with Gasteiger partial charge < -0.3 is 0 Å². The van der Waals surface area contributed by atoms with Crippen molar-refractivity contribution in [2.45, 2.75) is 6.92 Å². The molecule has 11 heavy (non-hydrogen) atoms. The smallest absolute Gasteiger partial charge is 0.0791 e. The molecule has 2 aromatic rings. The molecule has 58 valence electrons. The van der Waals surface area contributed by atoms with Crippen LogP contribution in [-0.4, -0.2) is 4.98 Å². The van der Waals surface area contributed by atoms with E-state index in [4.69, 9.17) is 0 Å². The fourth-order valence-electron chi connectivity index (χ4n) is 0.508. The molecule has 0 unspecified atom stereocenters. The average Bonchev–Trinajstić information content (AvgIpc) is 2.57. The first-order chi connectivity index (χ1) is 5.39. The number of thiophene rings is 1. The molecule has 0 N–H and O–H groups in total. The normalized spacial score (nSPS) is 8.45. The summed E-state index contributed by atoms with van der Waals surface area (Å²) in [6, 6.07) is 2.10. The molecule has 0 bridgehead atoms. The van der Waals surface area contributed by atoms with E-state index in [2.05, 4.69) is 28.7 Å². The maximum atomic E-state index is 3.74. The largest absolute Gasteiger partial charge is 0.253 e. The molecule has 3 heteroatoms. The van der Waals surface area contributed by atoms with Crippen molar-refractivity contribution in [3.05, 3.63) is 39.5 Å². The third-order valence-electron chi connectivity index (χ3n) is 1.01. The summed E-state index contributed by atoms with van der Waals surface area (Å²) in [5.41, 5.74) is 3.15. The van der Waals surface area contributed by atoms with Crippen LogP contribution < -0.4 is 0 Å². The Morgan fingerprint density at radius 2 is 2.18 bits per heavy atom. The van der Waals surface area contributed by atoms with Gasteiger partial charge in [0.15, 0.2) is 0 Å². The number of rotatable bonds is 0. The van der Waals surface area contributed by atoms with Gasteiger partial charge in [0.2, 0.25) is 0 Å². The molecule has 0 aromatic carbocycles. The molecule has 2 aromatic heterocycles. The minimum atomic E-state index is 1.36. The van der Waals surface area contributed by atoms with Gasteiger partial charge in [0.25, 0.3) is 0 Å². The third kappa shape index (κ3) is 3.91. The van der Waals surface area contributed by atoms with Crippen LogP contribution in [0.3, 0.4) is 0 Å². The van der Waals surface area contributed by atoms with Crippen molar-refractivity contribution < 1.29 is 0 Å². The van der Waals surface area contributed by atoms with E-state index in [0.717, 1.165) is 0 Å². The highest BCUT2D eigenvalue weighted by Crippen LogP contribution is 2.01. The lowest BCUT2D eigenvalue weighted by molar-refractivity contribution is 1.43. The van der Waals surface area contributed by atoms with Gasteiger partial charge in [-0.2, -0.15) is 11.3 Å². The summed E-state index contributed by atoms with van der Waals surface area (Å²) in [4.78, 5) is 3.74. The molecule has 0 amide bonds. The second-order valence-electron chi connectivity index (χ2n) is 1.98. The van der Waals surface area contributed by atoms with Gasteiger partial charge in [-0.15, -0.1) is 11.3 Å². The number of aryl methyl sites for hydroxylation is 1. The van der Waals surface area contributed by atoms with Gasteiger partial charge in [0.1, 0.15) is 0 Å². The van der Waals surface area contributed by atoms with Crippen molar-refractivity contribution in [3.8, 4) is 0 Å². The summed E-state index contributed by atoms with van der Waals surface area (Å²) < 4.78 is 0. The second-order valence-corrected chi connectivity index (χ2v) is 3.51. The van der Waals surface area contributed by atoms with E-state index in [-0.39, 0.29) is 0 Å². The van der Waals surface area contributed by atoms with Gasteiger partial charge >= 0.3 is 0 Å². The monoisotopic (exact) mass is 183 g/mol. The van der Waals surface area contributed by atoms with Crippen molar-refractivity contribution in [2.24, 2.45) is 0 Å². The van der Waals surface area contributed by atoms with E-state index < -0.39 is 0 Å². The van der Waals surface area contributed by atoms with Gasteiger partial charge in [-0.1, -0.05) is 0 Å². The molecule has 2 heterocycles. The molecule has 0 fully saturated rings. The van der Waals surface area contributed by atoms with Gasteiger partial charge in [-0.25, -0.2) is 0 Å². The van der Waals surface area contributed by atoms with Gasteiger partial charge in [0.05, 0.1) is 5.51 Å². The standard InChI is InChI=1S/C5H6S.C3H3NS/c1-5-2-3-6-4-5;1-2-5-3-4-1/h2-4H,1H3;1-3H. The van der Waals surface area contributed by atoms with Crippen LogP contribution in [0.1, 0.15) is 5.56 Å². The zero-order valence-corrected chi connectivity index (χ0v) is 7.86. The minimum absolute atomic E-state index is 1.36. The van der Waals surface area contributed by atoms with Crippen molar-refractivity contribution >= 4 is 22.7 Å². The molecule has 2 rings (SSSR count). The lowest BCUT2D eigenvalue weighted by Crippen LogP contribution is -1.47. The predicted molar refractivity (Wildman–Crippen MR) is 51.2 cm³/mol. The Kier molecular flexibility index (Phi) is 3.86. The number of hydrogen-bond acceptors (Lipinski definition) is 3. The zero-order chi connectivity index (χ0) is 7.94. The highest BCUT2D eigenvalue weighted by Gasteiger charge is 1.74.